The van der Waals surface area contributed by atoms with Gasteiger partial charge in [0.05, 0.1) is 19.7 Å². The minimum atomic E-state index is -0.475. The average molecular weight is 536 g/mol. The van der Waals surface area contributed by atoms with E-state index in [2.05, 4.69) is 26.0 Å². The summed E-state index contributed by atoms with van der Waals surface area (Å²) in [6.45, 7) is 1.84. The van der Waals surface area contributed by atoms with Crippen molar-refractivity contribution in [3.63, 3.8) is 0 Å². The average Bonchev–Trinajstić information content (AvgIpc) is 3.58. The van der Waals surface area contributed by atoms with Crippen LogP contribution in [-0.4, -0.2) is 41.3 Å². The molecule has 2 aromatic carbocycles. The van der Waals surface area contributed by atoms with Crippen molar-refractivity contribution in [3.8, 4) is 11.5 Å². The maximum absolute atomic E-state index is 12.4. The Labute approximate surface area is 220 Å². The molecule has 0 atom stereocenters. The summed E-state index contributed by atoms with van der Waals surface area (Å²) < 4.78 is 10.7. The Hall–Kier alpha value is -4.42. The normalized spacial score (nSPS) is 10.8. The van der Waals surface area contributed by atoms with Gasteiger partial charge >= 0.3 is 5.97 Å². The molecule has 0 aliphatic rings. The number of carbonyl (C=O) groups excluding carboxylic acids is 3. The Morgan fingerprint density at radius 3 is 2.65 bits per heavy atom. The molecular formula is C25H21N5O5S2. The fraction of sp³-hybridized carbons (Fsp3) is 0.120. The quantitative estimate of drug-likeness (QED) is 0.143. The van der Waals surface area contributed by atoms with Crippen LogP contribution in [0.2, 0.25) is 0 Å². The van der Waals surface area contributed by atoms with Gasteiger partial charge in [-0.05, 0) is 53.8 Å². The molecule has 0 spiro atoms. The lowest BCUT2D eigenvalue weighted by Gasteiger charge is -2.09. The number of methoxy groups -OCH3 is 1. The summed E-state index contributed by atoms with van der Waals surface area (Å²) in [5.41, 5.74) is 4.42. The number of anilines is 1. The van der Waals surface area contributed by atoms with Crippen LogP contribution in [-0.2, 0) is 11.2 Å². The molecule has 37 heavy (non-hydrogen) atoms. The zero-order valence-corrected chi connectivity index (χ0v) is 21.4. The van der Waals surface area contributed by atoms with Gasteiger partial charge in [0.25, 0.3) is 5.91 Å². The van der Waals surface area contributed by atoms with Crippen LogP contribution in [0.4, 0.5) is 5.13 Å². The molecule has 0 saturated heterocycles. The Bertz CT molecular complexity index is 1450. The van der Waals surface area contributed by atoms with Crippen molar-refractivity contribution >= 4 is 51.8 Å². The van der Waals surface area contributed by atoms with Gasteiger partial charge in [0.1, 0.15) is 9.88 Å². The molecule has 10 nitrogen and oxygen atoms in total. The van der Waals surface area contributed by atoms with Crippen LogP contribution < -0.4 is 20.2 Å². The molecule has 0 fully saturated rings. The van der Waals surface area contributed by atoms with Crippen LogP contribution >= 0.6 is 22.7 Å². The van der Waals surface area contributed by atoms with Crippen molar-refractivity contribution in [2.75, 3.05) is 12.4 Å². The van der Waals surface area contributed by atoms with Gasteiger partial charge in [0, 0.05) is 5.56 Å². The molecule has 0 radical (unpaired) electrons. The summed E-state index contributed by atoms with van der Waals surface area (Å²) in [7, 11) is 1.46. The standard InChI is InChI=1S/C25H21N5O5S2/c1-15-6-3-4-7-17(15)23(32)27-25-30-29-22(37-25)13-21(31)28-26-14-16-9-10-18(19(12-16)34-2)35-24(33)20-8-5-11-36-20/h3-12,14H,13H2,1-2H3,(H,28,31)(H,27,30,32)/b26-14+. The molecule has 0 bridgehead atoms. The number of nitrogens with one attached hydrogen (secondary N) is 2. The summed E-state index contributed by atoms with van der Waals surface area (Å²) in [4.78, 5) is 37.3. The van der Waals surface area contributed by atoms with Gasteiger partial charge in [-0.3, -0.25) is 14.9 Å². The lowest BCUT2D eigenvalue weighted by molar-refractivity contribution is -0.120. The number of aryl methyl sites for hydroxylation is 1. The van der Waals surface area contributed by atoms with Gasteiger partial charge in [-0.2, -0.15) is 5.10 Å². The Morgan fingerprint density at radius 1 is 1.05 bits per heavy atom. The minimum Gasteiger partial charge on any atom is -0.493 e. The highest BCUT2D eigenvalue weighted by atomic mass is 32.1. The van der Waals surface area contributed by atoms with E-state index >= 15 is 0 Å². The zero-order valence-electron chi connectivity index (χ0n) is 19.8. The van der Waals surface area contributed by atoms with Crippen LogP contribution in [0.15, 0.2) is 65.1 Å². The zero-order chi connectivity index (χ0) is 26.2. The van der Waals surface area contributed by atoms with E-state index in [0.717, 1.165) is 16.9 Å². The largest absolute Gasteiger partial charge is 0.493 e. The molecule has 4 rings (SSSR count). The number of aromatic nitrogens is 2. The first-order chi connectivity index (χ1) is 17.9. The van der Waals surface area contributed by atoms with E-state index in [9.17, 15) is 14.4 Å². The molecule has 2 aromatic heterocycles. The number of ether oxygens (including phenoxy) is 2. The lowest BCUT2D eigenvalue weighted by atomic mass is 10.1. The summed E-state index contributed by atoms with van der Waals surface area (Å²) in [5, 5.41) is 17.0. The second-order valence-corrected chi connectivity index (χ2v) is 9.53. The molecule has 12 heteroatoms. The third-order valence-corrected chi connectivity index (χ3v) is 6.59. The van der Waals surface area contributed by atoms with Crippen LogP contribution in [0.3, 0.4) is 0 Å². The second kappa shape index (κ2) is 12.0. The Kier molecular flexibility index (Phi) is 8.33. The van der Waals surface area contributed by atoms with Gasteiger partial charge in [0.15, 0.2) is 11.5 Å². The summed E-state index contributed by atoms with van der Waals surface area (Å²) in [5.74, 6) is -0.565. The van der Waals surface area contributed by atoms with Crippen molar-refractivity contribution in [2.24, 2.45) is 5.10 Å². The fourth-order valence-corrected chi connectivity index (χ4v) is 4.45. The van der Waals surface area contributed by atoms with Crippen LogP contribution in [0.25, 0.3) is 0 Å². The molecule has 2 heterocycles. The first kappa shape index (κ1) is 25.7. The molecule has 0 saturated carbocycles. The fourth-order valence-electron chi connectivity index (χ4n) is 3.12. The van der Waals surface area contributed by atoms with E-state index in [1.54, 1.807) is 47.8 Å². The van der Waals surface area contributed by atoms with Gasteiger partial charge in [-0.15, -0.1) is 21.5 Å². The predicted octanol–water partition coefficient (Wildman–Crippen LogP) is 4.08. The first-order valence-corrected chi connectivity index (χ1v) is 12.6. The van der Waals surface area contributed by atoms with Gasteiger partial charge in [-0.1, -0.05) is 35.6 Å². The van der Waals surface area contributed by atoms with E-state index < -0.39 is 11.9 Å². The van der Waals surface area contributed by atoms with Gasteiger partial charge in [-0.25, -0.2) is 10.2 Å². The van der Waals surface area contributed by atoms with E-state index in [1.165, 1.54) is 24.7 Å². The Morgan fingerprint density at radius 2 is 1.89 bits per heavy atom. The van der Waals surface area contributed by atoms with Crippen LogP contribution in [0, 0.1) is 6.92 Å². The summed E-state index contributed by atoms with van der Waals surface area (Å²) in [6, 6.07) is 15.5. The maximum Gasteiger partial charge on any atom is 0.353 e. The Balaban J connectivity index is 1.30. The smallest absolute Gasteiger partial charge is 0.353 e. The van der Waals surface area contributed by atoms with E-state index in [1.807, 2.05) is 19.1 Å². The van der Waals surface area contributed by atoms with E-state index in [-0.39, 0.29) is 18.1 Å². The third-order valence-electron chi connectivity index (χ3n) is 4.90. The predicted molar refractivity (Wildman–Crippen MR) is 141 cm³/mol. The number of benzene rings is 2. The van der Waals surface area contributed by atoms with Crippen molar-refractivity contribution < 1.29 is 23.9 Å². The van der Waals surface area contributed by atoms with E-state index in [0.29, 0.717) is 31.9 Å². The molecule has 2 N–H and O–H groups in total. The number of hydrogen-bond donors (Lipinski definition) is 2. The van der Waals surface area contributed by atoms with E-state index in [4.69, 9.17) is 9.47 Å². The topological polar surface area (TPSA) is 132 Å². The molecule has 2 amide bonds. The monoisotopic (exact) mass is 535 g/mol. The second-order valence-electron chi connectivity index (χ2n) is 7.52. The number of rotatable bonds is 9. The van der Waals surface area contributed by atoms with Crippen molar-refractivity contribution in [3.05, 3.63) is 86.6 Å². The lowest BCUT2D eigenvalue weighted by Crippen LogP contribution is -2.19. The number of esters is 1. The number of thiophene rings is 1. The highest BCUT2D eigenvalue weighted by molar-refractivity contribution is 7.15. The number of nitrogens with zero attached hydrogens (tertiary/aromatic N) is 3. The molecule has 0 aliphatic carbocycles. The molecular weight excluding hydrogens is 514 g/mol. The summed E-state index contributed by atoms with van der Waals surface area (Å²) >= 11 is 2.39. The molecule has 4 aromatic rings. The number of amides is 2. The maximum atomic E-state index is 12.4. The highest BCUT2D eigenvalue weighted by Gasteiger charge is 2.15. The third kappa shape index (κ3) is 6.84. The van der Waals surface area contributed by atoms with Crippen molar-refractivity contribution in [2.45, 2.75) is 13.3 Å². The minimum absolute atomic E-state index is 0.0594. The summed E-state index contributed by atoms with van der Waals surface area (Å²) in [6.07, 6.45) is 1.37. The van der Waals surface area contributed by atoms with Crippen LogP contribution in [0.1, 0.15) is 36.2 Å². The molecule has 0 aliphatic heterocycles. The number of hydrazone groups is 1. The molecule has 0 unspecified atom stereocenters. The van der Waals surface area contributed by atoms with Gasteiger partial charge in [0.2, 0.25) is 11.0 Å². The number of carbonyl (C=O) groups is 3. The van der Waals surface area contributed by atoms with Crippen molar-refractivity contribution in [1.82, 2.24) is 15.6 Å². The SMILES string of the molecule is COc1cc(/C=N/NC(=O)Cc2nnc(NC(=O)c3ccccc3C)s2)ccc1OC(=O)c1cccs1. The number of hydrogen-bond acceptors (Lipinski definition) is 10. The molecule has 188 valence electrons. The van der Waals surface area contributed by atoms with Crippen LogP contribution in [0.5, 0.6) is 11.5 Å². The van der Waals surface area contributed by atoms with Crippen molar-refractivity contribution in [1.29, 1.82) is 0 Å². The van der Waals surface area contributed by atoms with Gasteiger partial charge < -0.3 is 9.47 Å². The first-order valence-electron chi connectivity index (χ1n) is 10.9. The highest BCUT2D eigenvalue weighted by Crippen LogP contribution is 2.29.